The van der Waals surface area contributed by atoms with Crippen LogP contribution in [0.4, 0.5) is 13.2 Å². The molecule has 0 radical (unpaired) electrons. The highest BCUT2D eigenvalue weighted by Crippen LogP contribution is 2.40. The van der Waals surface area contributed by atoms with E-state index in [4.69, 9.17) is 13.9 Å². The van der Waals surface area contributed by atoms with E-state index in [9.17, 15) is 18.0 Å². The number of rotatable bonds is 0. The first-order chi connectivity index (χ1) is 12.4. The lowest BCUT2D eigenvalue weighted by Crippen LogP contribution is -2.09. The molecule has 0 amide bonds. The fraction of sp³-hybridized carbons (Fsp3) is 0.105. The van der Waals surface area contributed by atoms with E-state index in [1.807, 2.05) is 0 Å². The van der Waals surface area contributed by atoms with Gasteiger partial charge in [-0.25, -0.2) is 0 Å². The summed E-state index contributed by atoms with van der Waals surface area (Å²) in [6.45, 7) is 0.0642. The van der Waals surface area contributed by atoms with Gasteiger partial charge in [0.1, 0.15) is 5.58 Å². The Morgan fingerprint density at radius 3 is 2.35 bits per heavy atom. The molecule has 130 valence electrons. The van der Waals surface area contributed by atoms with Crippen molar-refractivity contribution in [2.24, 2.45) is 0 Å². The summed E-state index contributed by atoms with van der Waals surface area (Å²) < 4.78 is 56.3. The average molecular weight is 358 g/mol. The molecule has 0 atom stereocenters. The molecule has 0 spiro atoms. The molecule has 4 nitrogen and oxygen atoms in total. The molecule has 26 heavy (non-hydrogen) atoms. The number of fused-ring (bicyclic) bond motifs is 5. The molecule has 4 aromatic rings. The fourth-order valence-electron chi connectivity index (χ4n) is 3.27. The summed E-state index contributed by atoms with van der Waals surface area (Å²) in [6, 6.07) is 10.0. The van der Waals surface area contributed by atoms with Gasteiger partial charge in [0.15, 0.2) is 17.1 Å². The molecule has 0 N–H and O–H groups in total. The molecule has 0 saturated heterocycles. The Labute approximate surface area is 143 Å². The average Bonchev–Trinajstić information content (AvgIpc) is 3.06. The largest absolute Gasteiger partial charge is 0.455 e. The Morgan fingerprint density at radius 2 is 1.58 bits per heavy atom. The second-order valence-electron chi connectivity index (χ2n) is 5.98. The maximum Gasteiger partial charge on any atom is 0.420 e. The summed E-state index contributed by atoms with van der Waals surface area (Å²) in [6.07, 6.45) is -4.63. The second kappa shape index (κ2) is 4.91. The molecular formula is C19H9F3O4. The first kappa shape index (κ1) is 15.1. The minimum absolute atomic E-state index is 0.0642. The fourth-order valence-corrected chi connectivity index (χ4v) is 3.27. The van der Waals surface area contributed by atoms with Crippen molar-refractivity contribution < 1.29 is 27.1 Å². The van der Waals surface area contributed by atoms with E-state index in [1.54, 1.807) is 24.3 Å². The first-order valence-corrected chi connectivity index (χ1v) is 7.72. The molecule has 3 aromatic carbocycles. The summed E-state index contributed by atoms with van der Waals surface area (Å²) >= 11 is 0. The topological polar surface area (TPSA) is 48.7 Å². The number of benzene rings is 3. The third-order valence-corrected chi connectivity index (χ3v) is 4.48. The van der Waals surface area contributed by atoms with Gasteiger partial charge in [0.25, 0.3) is 0 Å². The summed E-state index contributed by atoms with van der Waals surface area (Å²) in [7, 11) is 0. The molecule has 5 rings (SSSR count). The maximum absolute atomic E-state index is 13.3. The van der Waals surface area contributed by atoms with Crippen molar-refractivity contribution in [2.45, 2.75) is 6.18 Å². The number of hydrogen-bond donors (Lipinski definition) is 0. The lowest BCUT2D eigenvalue weighted by molar-refractivity contribution is -0.136. The molecule has 0 aliphatic carbocycles. The SMILES string of the molecule is O=c1c2cccc(C(F)(F)F)c2oc2c1ccc1cc3c(cc12)OCO3. The van der Waals surface area contributed by atoms with E-state index < -0.39 is 22.8 Å². The molecule has 1 aliphatic heterocycles. The monoisotopic (exact) mass is 358 g/mol. The molecule has 1 aliphatic rings. The van der Waals surface area contributed by atoms with E-state index >= 15 is 0 Å². The van der Waals surface area contributed by atoms with Crippen LogP contribution >= 0.6 is 0 Å². The van der Waals surface area contributed by atoms with Gasteiger partial charge in [0, 0.05) is 5.39 Å². The van der Waals surface area contributed by atoms with Gasteiger partial charge < -0.3 is 13.9 Å². The third-order valence-electron chi connectivity index (χ3n) is 4.48. The lowest BCUT2D eigenvalue weighted by atomic mass is 10.0. The predicted molar refractivity (Wildman–Crippen MR) is 88.6 cm³/mol. The zero-order chi connectivity index (χ0) is 18.1. The standard InChI is InChI=1S/C19H9F3O4/c20-19(21,22)13-3-1-2-10-16(23)11-5-4-9-6-14-15(25-8-24-14)7-12(9)17(11)26-18(10)13/h1-7H,8H2. The van der Waals surface area contributed by atoms with Crippen molar-refractivity contribution in [3.8, 4) is 11.5 Å². The molecule has 2 heterocycles. The number of hydrogen-bond acceptors (Lipinski definition) is 4. The van der Waals surface area contributed by atoms with E-state index in [2.05, 4.69) is 0 Å². The number of para-hydroxylation sites is 1. The van der Waals surface area contributed by atoms with Gasteiger partial charge in [-0.15, -0.1) is 0 Å². The van der Waals surface area contributed by atoms with Crippen LogP contribution in [-0.2, 0) is 6.18 Å². The minimum Gasteiger partial charge on any atom is -0.455 e. The highest BCUT2D eigenvalue weighted by atomic mass is 19.4. The molecule has 7 heteroatoms. The number of ether oxygens (including phenoxy) is 2. The van der Waals surface area contributed by atoms with Crippen molar-refractivity contribution in [1.29, 1.82) is 0 Å². The van der Waals surface area contributed by atoms with Crippen LogP contribution in [0.1, 0.15) is 5.56 Å². The van der Waals surface area contributed by atoms with Gasteiger partial charge in [0.2, 0.25) is 12.2 Å². The van der Waals surface area contributed by atoms with Crippen molar-refractivity contribution in [2.75, 3.05) is 6.79 Å². The van der Waals surface area contributed by atoms with Crippen molar-refractivity contribution in [3.05, 3.63) is 58.3 Å². The van der Waals surface area contributed by atoms with Crippen molar-refractivity contribution in [3.63, 3.8) is 0 Å². The molecule has 0 fully saturated rings. The van der Waals surface area contributed by atoms with Crippen LogP contribution in [0.15, 0.2) is 51.7 Å². The molecule has 0 unspecified atom stereocenters. The highest BCUT2D eigenvalue weighted by molar-refractivity contribution is 6.07. The smallest absolute Gasteiger partial charge is 0.420 e. The Kier molecular flexibility index (Phi) is 2.84. The van der Waals surface area contributed by atoms with Gasteiger partial charge in [-0.1, -0.05) is 12.1 Å². The summed E-state index contributed by atoms with van der Waals surface area (Å²) in [5.74, 6) is 0.993. The normalized spacial score (nSPS) is 13.8. The van der Waals surface area contributed by atoms with E-state index in [0.717, 1.165) is 6.07 Å². The quantitative estimate of drug-likeness (QED) is 0.333. The van der Waals surface area contributed by atoms with Crippen LogP contribution in [0.3, 0.4) is 0 Å². The second-order valence-corrected chi connectivity index (χ2v) is 5.98. The number of halogens is 3. The van der Waals surface area contributed by atoms with E-state index in [-0.39, 0.29) is 23.1 Å². The molecule has 0 bridgehead atoms. The minimum atomic E-state index is -4.63. The van der Waals surface area contributed by atoms with E-state index in [1.165, 1.54) is 12.1 Å². The van der Waals surface area contributed by atoms with Crippen LogP contribution in [0.2, 0.25) is 0 Å². The Hall–Kier alpha value is -3.22. The van der Waals surface area contributed by atoms with Crippen molar-refractivity contribution in [1.82, 2.24) is 0 Å². The van der Waals surface area contributed by atoms with Gasteiger partial charge in [-0.2, -0.15) is 13.2 Å². The lowest BCUT2D eigenvalue weighted by Gasteiger charge is -2.11. The van der Waals surface area contributed by atoms with Crippen LogP contribution in [0, 0.1) is 0 Å². The Balaban J connectivity index is 1.98. The Morgan fingerprint density at radius 1 is 0.846 bits per heavy atom. The van der Waals surface area contributed by atoms with Crippen molar-refractivity contribution >= 4 is 32.7 Å². The zero-order valence-electron chi connectivity index (χ0n) is 13.0. The zero-order valence-corrected chi connectivity index (χ0v) is 13.0. The van der Waals surface area contributed by atoms with Gasteiger partial charge in [-0.05, 0) is 35.7 Å². The maximum atomic E-state index is 13.3. The molecule has 0 saturated carbocycles. The van der Waals surface area contributed by atoms with E-state index in [0.29, 0.717) is 22.3 Å². The van der Waals surface area contributed by atoms with Gasteiger partial charge in [0.05, 0.1) is 16.3 Å². The molecule has 1 aromatic heterocycles. The predicted octanol–water partition coefficient (Wildman–Crippen LogP) is 4.85. The number of alkyl halides is 3. The van der Waals surface area contributed by atoms with Crippen LogP contribution < -0.4 is 14.9 Å². The van der Waals surface area contributed by atoms with Gasteiger partial charge >= 0.3 is 6.18 Å². The van der Waals surface area contributed by atoms with Crippen LogP contribution in [0.25, 0.3) is 32.7 Å². The summed E-state index contributed by atoms with van der Waals surface area (Å²) in [5, 5.41) is 1.27. The third kappa shape index (κ3) is 2.00. The highest BCUT2D eigenvalue weighted by Gasteiger charge is 2.34. The molecular weight excluding hydrogens is 349 g/mol. The summed E-state index contributed by atoms with van der Waals surface area (Å²) in [4.78, 5) is 12.8. The van der Waals surface area contributed by atoms with Crippen LogP contribution in [-0.4, -0.2) is 6.79 Å². The first-order valence-electron chi connectivity index (χ1n) is 7.72. The van der Waals surface area contributed by atoms with Crippen LogP contribution in [0.5, 0.6) is 11.5 Å². The van der Waals surface area contributed by atoms with Gasteiger partial charge in [-0.3, -0.25) is 4.79 Å². The summed E-state index contributed by atoms with van der Waals surface area (Å²) in [5.41, 5.74) is -1.86. The Bertz CT molecular complexity index is 1270.